The lowest BCUT2D eigenvalue weighted by molar-refractivity contribution is 0.710. The summed E-state index contributed by atoms with van der Waals surface area (Å²) < 4.78 is 0. The van der Waals surface area contributed by atoms with Gasteiger partial charge < -0.3 is 15.5 Å². The molecule has 2 N–H and O–H groups in total. The topological polar surface area (TPSA) is 58.3 Å². The number of anilines is 2. The first-order chi connectivity index (χ1) is 7.00. The molecule has 0 aliphatic heterocycles. The molecule has 5 nitrogen and oxygen atoms in total. The first-order valence-electron chi connectivity index (χ1n) is 4.98. The monoisotopic (exact) mass is 209 g/mol. The smallest absolute Gasteiger partial charge is 0.226 e. The Kier molecular flexibility index (Phi) is 3.85. The summed E-state index contributed by atoms with van der Waals surface area (Å²) in [4.78, 5) is 12.5. The molecule has 0 saturated carbocycles. The second-order valence-corrected chi connectivity index (χ2v) is 3.97. The van der Waals surface area contributed by atoms with Crippen LogP contribution in [-0.2, 0) is 0 Å². The number of nitrogens with zero attached hydrogens (tertiary/aromatic N) is 4. The van der Waals surface area contributed by atoms with Gasteiger partial charge in [-0.25, -0.2) is 4.98 Å². The maximum absolute atomic E-state index is 5.73. The van der Waals surface area contributed by atoms with E-state index in [-0.39, 0.29) is 6.04 Å². The van der Waals surface area contributed by atoms with Crippen molar-refractivity contribution in [3.05, 3.63) is 12.3 Å². The van der Waals surface area contributed by atoms with Crippen molar-refractivity contribution in [3.63, 3.8) is 0 Å². The Hall–Kier alpha value is -1.36. The average molecular weight is 209 g/mol. The van der Waals surface area contributed by atoms with E-state index in [9.17, 15) is 0 Å². The van der Waals surface area contributed by atoms with E-state index in [1.54, 1.807) is 6.20 Å². The van der Waals surface area contributed by atoms with Crippen LogP contribution in [0.2, 0.25) is 0 Å². The van der Waals surface area contributed by atoms with E-state index < -0.39 is 0 Å². The van der Waals surface area contributed by atoms with Gasteiger partial charge in [-0.1, -0.05) is 0 Å². The van der Waals surface area contributed by atoms with Crippen LogP contribution in [-0.4, -0.2) is 43.7 Å². The molecule has 1 atom stereocenters. The number of rotatable bonds is 4. The van der Waals surface area contributed by atoms with Gasteiger partial charge in [0, 0.05) is 39.9 Å². The van der Waals surface area contributed by atoms with E-state index in [1.165, 1.54) is 0 Å². The summed E-state index contributed by atoms with van der Waals surface area (Å²) in [6, 6.07) is 2.02. The molecule has 0 bridgehead atoms. The van der Waals surface area contributed by atoms with Crippen LogP contribution in [0, 0.1) is 0 Å². The molecular weight excluding hydrogens is 190 g/mol. The van der Waals surface area contributed by atoms with E-state index in [4.69, 9.17) is 5.73 Å². The SMILES string of the molecule is CC(N)CN(C)c1ccnc(N(C)C)n1. The van der Waals surface area contributed by atoms with E-state index in [1.807, 2.05) is 43.9 Å². The molecule has 0 saturated heterocycles. The minimum atomic E-state index is 0.132. The van der Waals surface area contributed by atoms with Crippen molar-refractivity contribution in [3.8, 4) is 0 Å². The van der Waals surface area contributed by atoms with Crippen LogP contribution in [0.1, 0.15) is 6.92 Å². The summed E-state index contributed by atoms with van der Waals surface area (Å²) in [7, 11) is 5.82. The fourth-order valence-electron chi connectivity index (χ4n) is 1.29. The minimum Gasteiger partial charge on any atom is -0.358 e. The zero-order valence-corrected chi connectivity index (χ0v) is 9.81. The molecule has 0 aliphatic carbocycles. The highest BCUT2D eigenvalue weighted by Gasteiger charge is 2.07. The number of nitrogens with two attached hydrogens (primary N) is 1. The first kappa shape index (κ1) is 11.7. The van der Waals surface area contributed by atoms with Crippen LogP contribution in [0.25, 0.3) is 0 Å². The van der Waals surface area contributed by atoms with Crippen LogP contribution < -0.4 is 15.5 Å². The summed E-state index contributed by atoms with van der Waals surface area (Å²) in [5.41, 5.74) is 5.73. The molecule has 1 rings (SSSR count). The second-order valence-electron chi connectivity index (χ2n) is 3.97. The third-order valence-electron chi connectivity index (χ3n) is 1.98. The predicted octanol–water partition coefficient (Wildman–Crippen LogP) is 0.326. The largest absolute Gasteiger partial charge is 0.358 e. The summed E-state index contributed by atoms with van der Waals surface area (Å²) in [5.74, 6) is 1.61. The van der Waals surface area contributed by atoms with Gasteiger partial charge in [0.2, 0.25) is 5.95 Å². The quantitative estimate of drug-likeness (QED) is 0.774. The third-order valence-corrected chi connectivity index (χ3v) is 1.98. The number of hydrogen-bond acceptors (Lipinski definition) is 5. The van der Waals surface area contributed by atoms with Gasteiger partial charge in [-0.05, 0) is 13.0 Å². The molecule has 5 heteroatoms. The van der Waals surface area contributed by atoms with Crippen LogP contribution in [0.5, 0.6) is 0 Å². The van der Waals surface area contributed by atoms with Crippen molar-refractivity contribution in [2.75, 3.05) is 37.5 Å². The molecule has 84 valence electrons. The van der Waals surface area contributed by atoms with Crippen molar-refractivity contribution in [1.82, 2.24) is 9.97 Å². The van der Waals surface area contributed by atoms with Crippen LogP contribution >= 0.6 is 0 Å². The van der Waals surface area contributed by atoms with Crippen molar-refractivity contribution in [2.45, 2.75) is 13.0 Å². The molecular formula is C10H19N5. The van der Waals surface area contributed by atoms with Gasteiger partial charge in [0.15, 0.2) is 0 Å². The Morgan fingerprint density at radius 2 is 2.07 bits per heavy atom. The highest BCUT2D eigenvalue weighted by molar-refractivity contribution is 5.42. The highest BCUT2D eigenvalue weighted by Crippen LogP contribution is 2.11. The average Bonchev–Trinajstić information content (AvgIpc) is 2.17. The van der Waals surface area contributed by atoms with Gasteiger partial charge >= 0.3 is 0 Å². The van der Waals surface area contributed by atoms with Crippen molar-refractivity contribution in [2.24, 2.45) is 5.73 Å². The van der Waals surface area contributed by atoms with Gasteiger partial charge in [0.25, 0.3) is 0 Å². The molecule has 0 fully saturated rings. The van der Waals surface area contributed by atoms with Crippen molar-refractivity contribution >= 4 is 11.8 Å². The number of likely N-dealkylation sites (N-methyl/N-ethyl adjacent to an activating group) is 1. The Bertz CT molecular complexity index is 310. The Morgan fingerprint density at radius 1 is 1.40 bits per heavy atom. The lowest BCUT2D eigenvalue weighted by Gasteiger charge is -2.21. The molecule has 0 amide bonds. The van der Waals surface area contributed by atoms with Crippen LogP contribution in [0.3, 0.4) is 0 Å². The van der Waals surface area contributed by atoms with Gasteiger partial charge in [0.05, 0.1) is 0 Å². The summed E-state index contributed by atoms with van der Waals surface area (Å²) in [6.45, 7) is 2.76. The Morgan fingerprint density at radius 3 is 2.60 bits per heavy atom. The molecule has 1 unspecified atom stereocenters. The van der Waals surface area contributed by atoms with E-state index in [0.717, 1.165) is 12.4 Å². The highest BCUT2D eigenvalue weighted by atomic mass is 15.3. The summed E-state index contributed by atoms with van der Waals surface area (Å²) in [5, 5.41) is 0. The van der Waals surface area contributed by atoms with Crippen molar-refractivity contribution < 1.29 is 0 Å². The summed E-state index contributed by atoms with van der Waals surface area (Å²) in [6.07, 6.45) is 1.76. The Balaban J connectivity index is 2.80. The van der Waals surface area contributed by atoms with E-state index in [2.05, 4.69) is 9.97 Å². The molecule has 0 aromatic carbocycles. The maximum Gasteiger partial charge on any atom is 0.226 e. The minimum absolute atomic E-state index is 0.132. The van der Waals surface area contributed by atoms with Gasteiger partial charge in [0.1, 0.15) is 5.82 Å². The number of aromatic nitrogens is 2. The number of hydrogen-bond donors (Lipinski definition) is 1. The molecule has 1 aromatic heterocycles. The normalized spacial score (nSPS) is 12.3. The fraction of sp³-hybridized carbons (Fsp3) is 0.600. The zero-order valence-electron chi connectivity index (χ0n) is 9.81. The van der Waals surface area contributed by atoms with E-state index >= 15 is 0 Å². The Labute approximate surface area is 90.9 Å². The predicted molar refractivity (Wildman–Crippen MR) is 63.3 cm³/mol. The third kappa shape index (κ3) is 3.36. The second kappa shape index (κ2) is 4.93. The molecule has 0 spiro atoms. The fourth-order valence-corrected chi connectivity index (χ4v) is 1.29. The van der Waals surface area contributed by atoms with Crippen LogP contribution in [0.4, 0.5) is 11.8 Å². The molecule has 1 aromatic rings. The molecule has 15 heavy (non-hydrogen) atoms. The van der Waals surface area contributed by atoms with Crippen molar-refractivity contribution in [1.29, 1.82) is 0 Å². The summed E-state index contributed by atoms with van der Waals surface area (Å²) >= 11 is 0. The molecule has 0 aliphatic rings. The van der Waals surface area contributed by atoms with Gasteiger partial charge in [-0.3, -0.25) is 0 Å². The first-order valence-corrected chi connectivity index (χ1v) is 4.98. The molecule has 1 heterocycles. The lowest BCUT2D eigenvalue weighted by Crippen LogP contribution is -2.33. The zero-order chi connectivity index (χ0) is 11.4. The van der Waals surface area contributed by atoms with E-state index in [0.29, 0.717) is 5.95 Å². The molecule has 0 radical (unpaired) electrons. The van der Waals surface area contributed by atoms with Gasteiger partial charge in [-0.15, -0.1) is 0 Å². The van der Waals surface area contributed by atoms with Gasteiger partial charge in [-0.2, -0.15) is 4.98 Å². The lowest BCUT2D eigenvalue weighted by atomic mass is 10.3. The van der Waals surface area contributed by atoms with Crippen LogP contribution in [0.15, 0.2) is 12.3 Å². The maximum atomic E-state index is 5.73. The standard InChI is InChI=1S/C10H19N5/c1-8(11)7-15(4)9-5-6-12-10(13-9)14(2)3/h5-6,8H,7,11H2,1-4H3.